The van der Waals surface area contributed by atoms with Crippen LogP contribution in [-0.2, 0) is 23.8 Å². The van der Waals surface area contributed by atoms with Crippen molar-refractivity contribution < 1.29 is 22.1 Å². The SMILES string of the molecule is CS(=O)(=O)OCC#CCOC=O. The Morgan fingerprint density at radius 1 is 1.33 bits per heavy atom. The molecule has 0 unspecified atom stereocenters. The van der Waals surface area contributed by atoms with E-state index in [1.165, 1.54) is 0 Å². The maximum Gasteiger partial charge on any atom is 0.294 e. The first-order valence-electron chi connectivity index (χ1n) is 2.91. The highest BCUT2D eigenvalue weighted by Gasteiger charge is 1.96. The summed E-state index contributed by atoms with van der Waals surface area (Å²) in [7, 11) is -3.43. The van der Waals surface area contributed by atoms with Gasteiger partial charge in [-0.15, -0.1) is 0 Å². The van der Waals surface area contributed by atoms with Crippen molar-refractivity contribution in [3.05, 3.63) is 0 Å². The predicted molar refractivity (Wildman–Crippen MR) is 40.6 cm³/mol. The van der Waals surface area contributed by atoms with Gasteiger partial charge in [-0.1, -0.05) is 11.8 Å². The summed E-state index contributed by atoms with van der Waals surface area (Å²) in [5, 5.41) is 0. The average Bonchev–Trinajstić information content (AvgIpc) is 1.94. The van der Waals surface area contributed by atoms with E-state index in [9.17, 15) is 13.2 Å². The topological polar surface area (TPSA) is 69.7 Å². The van der Waals surface area contributed by atoms with Crippen LogP contribution in [0, 0.1) is 11.8 Å². The highest BCUT2D eigenvalue weighted by atomic mass is 32.2. The third-order valence-corrected chi connectivity index (χ3v) is 1.24. The molecule has 0 N–H and O–H groups in total. The molecule has 0 aliphatic rings. The second-order valence-corrected chi connectivity index (χ2v) is 3.37. The van der Waals surface area contributed by atoms with Crippen LogP contribution >= 0.6 is 0 Å². The summed E-state index contributed by atoms with van der Waals surface area (Å²) in [4.78, 5) is 9.58. The van der Waals surface area contributed by atoms with Gasteiger partial charge in [0, 0.05) is 0 Å². The van der Waals surface area contributed by atoms with Gasteiger partial charge in [-0.3, -0.25) is 8.98 Å². The molecule has 0 fully saturated rings. The maximum absolute atomic E-state index is 10.3. The molecule has 0 radical (unpaired) electrons. The minimum absolute atomic E-state index is 0.0589. The molecule has 0 aromatic heterocycles. The number of hydrogen-bond acceptors (Lipinski definition) is 5. The lowest BCUT2D eigenvalue weighted by Gasteiger charge is -1.91. The van der Waals surface area contributed by atoms with Crippen molar-refractivity contribution in [2.24, 2.45) is 0 Å². The van der Waals surface area contributed by atoms with E-state index in [0.717, 1.165) is 6.26 Å². The molecular weight excluding hydrogens is 184 g/mol. The molecule has 0 aliphatic heterocycles. The van der Waals surface area contributed by atoms with E-state index in [4.69, 9.17) is 0 Å². The normalized spacial score (nSPS) is 9.75. The molecule has 0 heterocycles. The van der Waals surface area contributed by atoms with Gasteiger partial charge in [0.05, 0.1) is 6.26 Å². The monoisotopic (exact) mass is 192 g/mol. The van der Waals surface area contributed by atoms with Crippen LogP contribution in [0.4, 0.5) is 0 Å². The zero-order valence-electron chi connectivity index (χ0n) is 6.44. The molecule has 0 atom stereocenters. The Balaban J connectivity index is 3.53. The van der Waals surface area contributed by atoms with Crippen LogP contribution in [0.25, 0.3) is 0 Å². The van der Waals surface area contributed by atoms with Gasteiger partial charge in [0.1, 0.15) is 6.61 Å². The fraction of sp³-hybridized carbons (Fsp3) is 0.500. The Kier molecular flexibility index (Phi) is 5.08. The van der Waals surface area contributed by atoms with E-state index in [1.807, 2.05) is 0 Å². The summed E-state index contributed by atoms with van der Waals surface area (Å²) in [6.45, 7) is -0.0240. The smallest absolute Gasteiger partial charge is 0.294 e. The molecule has 0 aromatic carbocycles. The van der Waals surface area contributed by atoms with Gasteiger partial charge in [0.2, 0.25) is 0 Å². The van der Waals surface area contributed by atoms with E-state index in [1.54, 1.807) is 0 Å². The molecule has 0 aromatic rings. The van der Waals surface area contributed by atoms with Gasteiger partial charge in [0.15, 0.2) is 6.61 Å². The lowest BCUT2D eigenvalue weighted by atomic mass is 10.6. The zero-order valence-corrected chi connectivity index (χ0v) is 7.26. The second-order valence-electron chi connectivity index (χ2n) is 1.73. The number of hydrogen-bond donors (Lipinski definition) is 0. The molecule has 12 heavy (non-hydrogen) atoms. The molecule has 0 spiro atoms. The second kappa shape index (κ2) is 5.57. The minimum Gasteiger partial charge on any atom is -0.455 e. The zero-order chi connectivity index (χ0) is 9.45. The van der Waals surface area contributed by atoms with Crippen LogP contribution in [-0.4, -0.2) is 34.4 Å². The van der Waals surface area contributed by atoms with Crippen molar-refractivity contribution in [1.82, 2.24) is 0 Å². The quantitative estimate of drug-likeness (QED) is 0.251. The van der Waals surface area contributed by atoms with Gasteiger partial charge in [-0.2, -0.15) is 8.42 Å². The Morgan fingerprint density at radius 2 is 1.92 bits per heavy atom. The van der Waals surface area contributed by atoms with E-state index in [0.29, 0.717) is 0 Å². The van der Waals surface area contributed by atoms with Gasteiger partial charge in [-0.25, -0.2) is 0 Å². The highest BCUT2D eigenvalue weighted by Crippen LogP contribution is 1.83. The summed E-state index contributed by atoms with van der Waals surface area (Å²) < 4.78 is 29.2. The minimum atomic E-state index is -3.43. The summed E-state index contributed by atoms with van der Waals surface area (Å²) in [5.74, 6) is 4.71. The van der Waals surface area contributed by atoms with E-state index < -0.39 is 10.1 Å². The number of rotatable bonds is 4. The van der Waals surface area contributed by atoms with Gasteiger partial charge >= 0.3 is 0 Å². The Morgan fingerprint density at radius 3 is 2.42 bits per heavy atom. The predicted octanol–water partition coefficient (Wildman–Crippen LogP) is -0.861. The Hall–Kier alpha value is -1.06. The Labute approximate surface area is 70.8 Å². The molecular formula is C6H8O5S. The largest absolute Gasteiger partial charge is 0.455 e. The highest BCUT2D eigenvalue weighted by molar-refractivity contribution is 7.85. The first kappa shape index (κ1) is 10.9. The first-order chi connectivity index (χ1) is 5.56. The van der Waals surface area contributed by atoms with Crippen LogP contribution in [0.5, 0.6) is 0 Å². The standard InChI is InChI=1S/C6H8O5S/c1-12(8,9)11-5-3-2-4-10-6-7/h6H,4-5H2,1H3. The summed E-state index contributed by atoms with van der Waals surface area (Å²) in [6, 6.07) is 0. The first-order valence-corrected chi connectivity index (χ1v) is 4.73. The number of ether oxygens (including phenoxy) is 1. The molecule has 0 saturated carbocycles. The maximum atomic E-state index is 10.3. The fourth-order valence-electron chi connectivity index (χ4n) is 0.314. The Bertz CT molecular complexity index is 281. The van der Waals surface area contributed by atoms with Gasteiger partial charge < -0.3 is 4.74 Å². The molecule has 6 heteroatoms. The van der Waals surface area contributed by atoms with Crippen LogP contribution < -0.4 is 0 Å². The van der Waals surface area contributed by atoms with Crippen molar-refractivity contribution in [1.29, 1.82) is 0 Å². The number of carbonyl (C=O) groups excluding carboxylic acids is 1. The van der Waals surface area contributed by atoms with E-state index >= 15 is 0 Å². The van der Waals surface area contributed by atoms with Crippen molar-refractivity contribution in [2.45, 2.75) is 0 Å². The molecule has 0 saturated heterocycles. The molecule has 0 aliphatic carbocycles. The number of carbonyl (C=O) groups is 1. The van der Waals surface area contributed by atoms with Crippen LogP contribution in [0.1, 0.15) is 0 Å². The van der Waals surface area contributed by atoms with Crippen molar-refractivity contribution in [3.63, 3.8) is 0 Å². The fourth-order valence-corrected chi connectivity index (χ4v) is 0.587. The van der Waals surface area contributed by atoms with E-state index in [2.05, 4.69) is 20.8 Å². The molecule has 0 amide bonds. The molecule has 0 rings (SSSR count). The summed E-state index contributed by atoms with van der Waals surface area (Å²) >= 11 is 0. The van der Waals surface area contributed by atoms with Crippen LogP contribution in [0.15, 0.2) is 0 Å². The third-order valence-electron chi connectivity index (χ3n) is 0.694. The van der Waals surface area contributed by atoms with Gasteiger partial charge in [0.25, 0.3) is 16.6 Å². The van der Waals surface area contributed by atoms with Crippen molar-refractivity contribution >= 4 is 16.6 Å². The van der Waals surface area contributed by atoms with Crippen LogP contribution in [0.2, 0.25) is 0 Å². The lowest BCUT2D eigenvalue weighted by Crippen LogP contribution is -2.02. The van der Waals surface area contributed by atoms with E-state index in [-0.39, 0.29) is 19.7 Å². The summed E-state index contributed by atoms with van der Waals surface area (Å²) in [6.07, 6.45) is 0.927. The summed E-state index contributed by atoms with van der Waals surface area (Å²) in [5.41, 5.74) is 0. The van der Waals surface area contributed by atoms with Crippen molar-refractivity contribution in [2.75, 3.05) is 19.5 Å². The lowest BCUT2D eigenvalue weighted by molar-refractivity contribution is -0.127. The van der Waals surface area contributed by atoms with Gasteiger partial charge in [-0.05, 0) is 0 Å². The average molecular weight is 192 g/mol. The molecule has 0 bridgehead atoms. The molecule has 68 valence electrons. The molecule has 5 nitrogen and oxygen atoms in total. The van der Waals surface area contributed by atoms with Crippen molar-refractivity contribution in [3.8, 4) is 11.8 Å². The third kappa shape index (κ3) is 8.94. The van der Waals surface area contributed by atoms with Crippen LogP contribution in [0.3, 0.4) is 0 Å².